The van der Waals surface area contributed by atoms with E-state index in [1.165, 1.54) is 11.3 Å². The lowest BCUT2D eigenvalue weighted by Gasteiger charge is -2.04. The van der Waals surface area contributed by atoms with E-state index in [1.807, 2.05) is 12.1 Å². The number of hydrogen-bond acceptors (Lipinski definition) is 4. The number of nitrogens with one attached hydrogen (secondary N) is 2. The SMILES string of the molecule is CNC(=O)c1cccc(Nc2nc3cc(Cl)c(Cl)cc3s2)c1. The lowest BCUT2D eigenvalue weighted by molar-refractivity contribution is 0.0963. The Labute approximate surface area is 141 Å². The molecule has 0 radical (unpaired) electrons. The summed E-state index contributed by atoms with van der Waals surface area (Å²) < 4.78 is 0.944. The number of carbonyl (C=O) groups excluding carboxylic acids is 1. The lowest BCUT2D eigenvalue weighted by Crippen LogP contribution is -2.17. The highest BCUT2D eigenvalue weighted by Crippen LogP contribution is 2.34. The van der Waals surface area contributed by atoms with Crippen LogP contribution in [0.15, 0.2) is 36.4 Å². The summed E-state index contributed by atoms with van der Waals surface area (Å²) in [5.41, 5.74) is 2.15. The Bertz CT molecular complexity index is 824. The standard InChI is InChI=1S/C15H11Cl2N3OS/c1-18-14(21)8-3-2-4-9(5-8)19-15-20-12-6-10(16)11(17)7-13(12)22-15/h2-7H,1H3,(H,18,21)(H,19,20). The molecular formula is C15H11Cl2N3OS. The lowest BCUT2D eigenvalue weighted by atomic mass is 10.2. The van der Waals surface area contributed by atoms with Crippen LogP contribution in [0.2, 0.25) is 10.0 Å². The molecule has 0 saturated heterocycles. The van der Waals surface area contributed by atoms with Gasteiger partial charge in [0.05, 0.1) is 20.3 Å². The van der Waals surface area contributed by atoms with Crippen molar-refractivity contribution in [2.75, 3.05) is 12.4 Å². The smallest absolute Gasteiger partial charge is 0.251 e. The minimum atomic E-state index is -0.133. The third kappa shape index (κ3) is 3.02. The van der Waals surface area contributed by atoms with Crippen molar-refractivity contribution in [3.63, 3.8) is 0 Å². The van der Waals surface area contributed by atoms with Crippen LogP contribution in [0.25, 0.3) is 10.2 Å². The number of anilines is 2. The zero-order valence-corrected chi connectivity index (χ0v) is 13.8. The van der Waals surface area contributed by atoms with Crippen LogP contribution in [0.1, 0.15) is 10.4 Å². The molecule has 0 aliphatic carbocycles. The Kier molecular flexibility index (Phi) is 4.20. The minimum Gasteiger partial charge on any atom is -0.355 e. The van der Waals surface area contributed by atoms with Gasteiger partial charge in [0.1, 0.15) is 0 Å². The maximum atomic E-state index is 11.7. The van der Waals surface area contributed by atoms with Crippen molar-refractivity contribution in [2.24, 2.45) is 0 Å². The first-order valence-electron chi connectivity index (χ1n) is 6.41. The number of aromatic nitrogens is 1. The number of rotatable bonds is 3. The van der Waals surface area contributed by atoms with E-state index < -0.39 is 0 Å². The summed E-state index contributed by atoms with van der Waals surface area (Å²) >= 11 is 13.5. The van der Waals surface area contributed by atoms with E-state index in [2.05, 4.69) is 15.6 Å². The van der Waals surface area contributed by atoms with Crippen molar-refractivity contribution in [2.45, 2.75) is 0 Å². The molecule has 1 heterocycles. The molecule has 0 aliphatic heterocycles. The van der Waals surface area contributed by atoms with E-state index in [0.29, 0.717) is 20.7 Å². The molecule has 0 bridgehead atoms. The van der Waals surface area contributed by atoms with Crippen LogP contribution in [-0.4, -0.2) is 17.9 Å². The molecule has 0 spiro atoms. The molecule has 3 aromatic rings. The second-order valence-electron chi connectivity index (χ2n) is 4.54. The van der Waals surface area contributed by atoms with Crippen molar-refractivity contribution < 1.29 is 4.79 Å². The van der Waals surface area contributed by atoms with Crippen molar-refractivity contribution in [3.05, 3.63) is 52.0 Å². The maximum absolute atomic E-state index is 11.7. The molecule has 0 saturated carbocycles. The number of nitrogens with zero attached hydrogens (tertiary/aromatic N) is 1. The fourth-order valence-electron chi connectivity index (χ4n) is 1.98. The number of fused-ring (bicyclic) bond motifs is 1. The van der Waals surface area contributed by atoms with Gasteiger partial charge >= 0.3 is 0 Å². The van der Waals surface area contributed by atoms with E-state index in [0.717, 1.165) is 15.9 Å². The van der Waals surface area contributed by atoms with Crippen LogP contribution in [0, 0.1) is 0 Å². The van der Waals surface area contributed by atoms with Crippen molar-refractivity contribution >= 4 is 61.5 Å². The van der Waals surface area contributed by atoms with Crippen molar-refractivity contribution in [1.29, 1.82) is 0 Å². The van der Waals surface area contributed by atoms with Gasteiger partial charge in [-0.2, -0.15) is 0 Å². The number of hydrogen-bond donors (Lipinski definition) is 2. The van der Waals surface area contributed by atoms with Gasteiger partial charge in [-0.05, 0) is 30.3 Å². The second kappa shape index (κ2) is 6.12. The van der Waals surface area contributed by atoms with Crippen LogP contribution in [0.4, 0.5) is 10.8 Å². The summed E-state index contributed by atoms with van der Waals surface area (Å²) in [6, 6.07) is 10.7. The molecule has 2 N–H and O–H groups in total. The first kappa shape index (κ1) is 15.1. The molecule has 4 nitrogen and oxygen atoms in total. The topological polar surface area (TPSA) is 54.0 Å². The fourth-order valence-corrected chi connectivity index (χ4v) is 3.28. The van der Waals surface area contributed by atoms with Crippen LogP contribution >= 0.6 is 34.5 Å². The van der Waals surface area contributed by atoms with Crippen LogP contribution < -0.4 is 10.6 Å². The Hall–Kier alpha value is -1.82. The summed E-state index contributed by atoms with van der Waals surface area (Å²) in [5.74, 6) is -0.133. The largest absolute Gasteiger partial charge is 0.355 e. The van der Waals surface area contributed by atoms with Gasteiger partial charge in [0.25, 0.3) is 5.91 Å². The predicted octanol–water partition coefficient (Wildman–Crippen LogP) is 4.71. The third-order valence-corrected chi connectivity index (χ3v) is 4.69. The van der Waals surface area contributed by atoms with Gasteiger partial charge < -0.3 is 10.6 Å². The van der Waals surface area contributed by atoms with E-state index in [1.54, 1.807) is 31.3 Å². The average Bonchev–Trinajstić information content (AvgIpc) is 2.88. The summed E-state index contributed by atoms with van der Waals surface area (Å²) in [6.07, 6.45) is 0. The Morgan fingerprint density at radius 2 is 1.95 bits per heavy atom. The number of halogens is 2. The van der Waals surface area contributed by atoms with E-state index in [9.17, 15) is 4.79 Å². The molecule has 0 aliphatic rings. The van der Waals surface area contributed by atoms with Crippen LogP contribution in [0.3, 0.4) is 0 Å². The molecule has 7 heteroatoms. The molecule has 0 unspecified atom stereocenters. The zero-order chi connectivity index (χ0) is 15.7. The monoisotopic (exact) mass is 351 g/mol. The minimum absolute atomic E-state index is 0.133. The molecule has 0 fully saturated rings. The van der Waals surface area contributed by atoms with Gasteiger partial charge in [-0.25, -0.2) is 4.98 Å². The summed E-state index contributed by atoms with van der Waals surface area (Å²) in [6.45, 7) is 0. The number of carbonyl (C=O) groups is 1. The first-order chi connectivity index (χ1) is 10.6. The second-order valence-corrected chi connectivity index (χ2v) is 6.38. The number of benzene rings is 2. The van der Waals surface area contributed by atoms with Gasteiger partial charge in [0.2, 0.25) is 0 Å². The maximum Gasteiger partial charge on any atom is 0.251 e. The van der Waals surface area contributed by atoms with E-state index in [4.69, 9.17) is 23.2 Å². The van der Waals surface area contributed by atoms with Gasteiger partial charge in [-0.3, -0.25) is 4.79 Å². The Balaban J connectivity index is 1.91. The van der Waals surface area contributed by atoms with E-state index in [-0.39, 0.29) is 5.91 Å². The van der Waals surface area contributed by atoms with Crippen LogP contribution in [-0.2, 0) is 0 Å². The summed E-state index contributed by atoms with van der Waals surface area (Å²) in [7, 11) is 1.60. The highest BCUT2D eigenvalue weighted by Gasteiger charge is 2.09. The first-order valence-corrected chi connectivity index (χ1v) is 7.99. The van der Waals surface area contributed by atoms with Crippen molar-refractivity contribution in [3.8, 4) is 0 Å². The molecule has 22 heavy (non-hydrogen) atoms. The molecule has 0 atom stereocenters. The number of amides is 1. The predicted molar refractivity (Wildman–Crippen MR) is 92.8 cm³/mol. The van der Waals surface area contributed by atoms with Crippen molar-refractivity contribution in [1.82, 2.24) is 10.3 Å². The molecule has 112 valence electrons. The Morgan fingerprint density at radius 3 is 2.73 bits per heavy atom. The molecule has 1 aromatic heterocycles. The molecule has 1 amide bonds. The van der Waals surface area contributed by atoms with E-state index >= 15 is 0 Å². The normalized spacial score (nSPS) is 10.7. The molecular weight excluding hydrogens is 341 g/mol. The average molecular weight is 352 g/mol. The van der Waals surface area contributed by atoms with Gasteiger partial charge in [0.15, 0.2) is 5.13 Å². The quantitative estimate of drug-likeness (QED) is 0.718. The molecule has 3 rings (SSSR count). The van der Waals surface area contributed by atoms with Gasteiger partial charge in [0, 0.05) is 18.3 Å². The third-order valence-electron chi connectivity index (χ3n) is 3.03. The van der Waals surface area contributed by atoms with Crippen LogP contribution in [0.5, 0.6) is 0 Å². The Morgan fingerprint density at radius 1 is 1.18 bits per heavy atom. The number of thiazole rings is 1. The van der Waals surface area contributed by atoms with Gasteiger partial charge in [-0.1, -0.05) is 40.6 Å². The highest BCUT2D eigenvalue weighted by molar-refractivity contribution is 7.22. The summed E-state index contributed by atoms with van der Waals surface area (Å²) in [4.78, 5) is 16.1. The van der Waals surface area contributed by atoms with Gasteiger partial charge in [-0.15, -0.1) is 0 Å². The zero-order valence-electron chi connectivity index (χ0n) is 11.5. The summed E-state index contributed by atoms with van der Waals surface area (Å²) in [5, 5.41) is 7.49. The highest BCUT2D eigenvalue weighted by atomic mass is 35.5. The molecule has 2 aromatic carbocycles. The fraction of sp³-hybridized carbons (Fsp3) is 0.0667.